The van der Waals surface area contributed by atoms with Gasteiger partial charge < -0.3 is 0 Å². The topological polar surface area (TPSA) is 43.6 Å². The molecule has 0 radical (unpaired) electrons. The summed E-state index contributed by atoms with van der Waals surface area (Å²) in [4.78, 5) is 15.5. The highest BCUT2D eigenvalue weighted by atomic mass is 32.1. The molecule has 0 saturated carbocycles. The van der Waals surface area contributed by atoms with Crippen molar-refractivity contribution in [1.29, 1.82) is 0 Å². The predicted octanol–water partition coefficient (Wildman–Crippen LogP) is 11.0. The molecule has 6 heteroatoms. The summed E-state index contributed by atoms with van der Waals surface area (Å²) in [7, 11) is 0. The number of hydrogen-bond acceptors (Lipinski definition) is 5. The Hall–Kier alpha value is -5.43. The molecule has 4 nitrogen and oxygen atoms in total. The zero-order chi connectivity index (χ0) is 29.5. The lowest BCUT2D eigenvalue weighted by Crippen LogP contribution is -2.06. The Labute approximate surface area is 265 Å². The van der Waals surface area contributed by atoms with Crippen molar-refractivity contribution < 1.29 is 0 Å². The van der Waals surface area contributed by atoms with E-state index in [-0.39, 0.29) is 0 Å². The van der Waals surface area contributed by atoms with E-state index in [1.165, 1.54) is 51.1 Å². The van der Waals surface area contributed by atoms with Crippen molar-refractivity contribution >= 4 is 84.8 Å². The van der Waals surface area contributed by atoms with E-state index in [2.05, 4.69) is 102 Å². The minimum atomic E-state index is 0.619. The second-order valence-electron chi connectivity index (χ2n) is 11.2. The monoisotopic (exact) mass is 610 g/mol. The molecule has 0 atom stereocenters. The molecule has 0 spiro atoms. The predicted molar refractivity (Wildman–Crippen MR) is 191 cm³/mol. The quantitative estimate of drug-likeness (QED) is 0.200. The molecule has 0 bridgehead atoms. The van der Waals surface area contributed by atoms with Gasteiger partial charge in [0.2, 0.25) is 5.95 Å². The molecule has 210 valence electrons. The number of aromatic nitrogens is 4. The van der Waals surface area contributed by atoms with Crippen molar-refractivity contribution in [1.82, 2.24) is 19.5 Å². The molecule has 0 amide bonds. The molecule has 0 aliphatic rings. The molecule has 0 saturated heterocycles. The molecule has 4 heterocycles. The average molecular weight is 611 g/mol. The molecule has 0 N–H and O–H groups in total. The van der Waals surface area contributed by atoms with E-state index in [1.807, 2.05) is 59.1 Å². The average Bonchev–Trinajstić information content (AvgIpc) is 3.78. The molecule has 10 aromatic rings. The van der Waals surface area contributed by atoms with Crippen LogP contribution < -0.4 is 0 Å². The van der Waals surface area contributed by atoms with E-state index in [0.29, 0.717) is 17.6 Å². The zero-order valence-electron chi connectivity index (χ0n) is 23.8. The largest absolute Gasteiger partial charge is 0.276 e. The van der Waals surface area contributed by atoms with E-state index in [4.69, 9.17) is 15.0 Å². The van der Waals surface area contributed by atoms with Gasteiger partial charge in [-0.15, -0.1) is 22.7 Å². The molecule has 0 fully saturated rings. The third-order valence-electron chi connectivity index (χ3n) is 8.66. The van der Waals surface area contributed by atoms with Crippen molar-refractivity contribution in [3.05, 3.63) is 133 Å². The lowest BCUT2D eigenvalue weighted by atomic mass is 10.1. The first-order valence-electron chi connectivity index (χ1n) is 14.9. The van der Waals surface area contributed by atoms with Crippen LogP contribution in [0.4, 0.5) is 0 Å². The molecule has 10 rings (SSSR count). The van der Waals surface area contributed by atoms with Gasteiger partial charge in [-0.1, -0.05) is 109 Å². The third kappa shape index (κ3) is 3.67. The van der Waals surface area contributed by atoms with Crippen LogP contribution >= 0.6 is 22.7 Å². The van der Waals surface area contributed by atoms with E-state index >= 15 is 0 Å². The molecule has 6 aromatic carbocycles. The normalized spacial score (nSPS) is 12.0. The Morgan fingerprint density at radius 1 is 0.378 bits per heavy atom. The van der Waals surface area contributed by atoms with Gasteiger partial charge in [-0.05, 0) is 24.3 Å². The fourth-order valence-electron chi connectivity index (χ4n) is 6.71. The smallest absolute Gasteiger partial charge is 0.238 e. The summed E-state index contributed by atoms with van der Waals surface area (Å²) in [6.45, 7) is 0. The molecule has 0 aliphatic heterocycles. The van der Waals surface area contributed by atoms with Gasteiger partial charge in [-0.3, -0.25) is 4.57 Å². The van der Waals surface area contributed by atoms with Crippen LogP contribution in [0.1, 0.15) is 0 Å². The van der Waals surface area contributed by atoms with Crippen LogP contribution in [0.25, 0.3) is 90.9 Å². The summed E-state index contributed by atoms with van der Waals surface area (Å²) in [6, 6.07) is 47.0. The number of thiophene rings is 2. The molecule has 0 aliphatic carbocycles. The summed E-state index contributed by atoms with van der Waals surface area (Å²) < 4.78 is 7.37. The van der Waals surface area contributed by atoms with Crippen molar-refractivity contribution in [3.8, 4) is 28.7 Å². The van der Waals surface area contributed by atoms with Crippen LogP contribution in [0.3, 0.4) is 0 Å². The molecular weight excluding hydrogens is 589 g/mol. The lowest BCUT2D eigenvalue weighted by molar-refractivity contribution is 0.957. The van der Waals surface area contributed by atoms with E-state index in [1.54, 1.807) is 0 Å². The minimum absolute atomic E-state index is 0.619. The Bertz CT molecular complexity index is 2570. The van der Waals surface area contributed by atoms with Crippen LogP contribution in [-0.2, 0) is 0 Å². The number of hydrogen-bond donors (Lipinski definition) is 0. The van der Waals surface area contributed by atoms with Crippen molar-refractivity contribution in [2.45, 2.75) is 0 Å². The maximum atomic E-state index is 5.26. The van der Waals surface area contributed by atoms with Gasteiger partial charge in [0.25, 0.3) is 0 Å². The van der Waals surface area contributed by atoms with Gasteiger partial charge in [0.05, 0.1) is 11.0 Å². The SMILES string of the molecule is c1ccc(-c2nc(-c3ccccc3)nc(-n3c4c(ccc5sc6ccccc6c54)c4ccc5sc6ccccc6c5c43)n2)cc1. The number of nitrogens with zero attached hydrogens (tertiary/aromatic N) is 4. The van der Waals surface area contributed by atoms with Crippen molar-refractivity contribution in [2.24, 2.45) is 0 Å². The van der Waals surface area contributed by atoms with E-state index in [0.717, 1.165) is 22.2 Å². The number of rotatable bonds is 3. The Balaban J connectivity index is 1.45. The van der Waals surface area contributed by atoms with Gasteiger partial charge >= 0.3 is 0 Å². The van der Waals surface area contributed by atoms with Crippen LogP contribution in [-0.4, -0.2) is 19.5 Å². The highest BCUT2D eigenvalue weighted by Crippen LogP contribution is 2.46. The maximum absolute atomic E-state index is 5.26. The highest BCUT2D eigenvalue weighted by Gasteiger charge is 2.24. The van der Waals surface area contributed by atoms with Crippen molar-refractivity contribution in [2.75, 3.05) is 0 Å². The summed E-state index contributed by atoms with van der Waals surface area (Å²) in [5.74, 6) is 1.92. The number of fused-ring (bicyclic) bond motifs is 11. The fraction of sp³-hybridized carbons (Fsp3) is 0. The maximum Gasteiger partial charge on any atom is 0.238 e. The lowest BCUT2D eigenvalue weighted by Gasteiger charge is -2.12. The van der Waals surface area contributed by atoms with Crippen LogP contribution in [0.2, 0.25) is 0 Å². The standard InChI is InChI=1S/C39H22N4S2/c1-3-11-23(12-4-1)37-40-38(24-13-5-2-6-14-24)42-39(41-37)43-35-25(19-21-31-33(35)27-15-7-9-17-29(27)44-31)26-20-22-32-34(36(26)43)28-16-8-10-18-30(28)45-32/h1-22H. The van der Waals surface area contributed by atoms with Crippen LogP contribution in [0, 0.1) is 0 Å². The molecule has 0 unspecified atom stereocenters. The number of benzene rings is 6. The van der Waals surface area contributed by atoms with E-state index < -0.39 is 0 Å². The first-order chi connectivity index (χ1) is 22.3. The second-order valence-corrected chi connectivity index (χ2v) is 13.4. The highest BCUT2D eigenvalue weighted by molar-refractivity contribution is 7.26. The third-order valence-corrected chi connectivity index (χ3v) is 10.9. The van der Waals surface area contributed by atoms with Gasteiger partial charge in [0.1, 0.15) is 0 Å². The Morgan fingerprint density at radius 2 is 0.822 bits per heavy atom. The van der Waals surface area contributed by atoms with Crippen LogP contribution in [0.5, 0.6) is 0 Å². The molecular formula is C39H22N4S2. The summed E-state index contributed by atoms with van der Waals surface area (Å²) >= 11 is 3.67. The van der Waals surface area contributed by atoms with Gasteiger partial charge in [0, 0.05) is 62.2 Å². The zero-order valence-corrected chi connectivity index (χ0v) is 25.4. The summed E-state index contributed by atoms with van der Waals surface area (Å²) in [6.07, 6.45) is 0. The van der Waals surface area contributed by atoms with Gasteiger partial charge in [-0.25, -0.2) is 4.98 Å². The summed E-state index contributed by atoms with van der Waals surface area (Å²) in [5.41, 5.74) is 4.17. The Kier molecular flexibility index (Phi) is 5.29. The Morgan fingerprint density at radius 3 is 1.31 bits per heavy atom. The first-order valence-corrected chi connectivity index (χ1v) is 16.5. The van der Waals surface area contributed by atoms with Gasteiger partial charge in [0.15, 0.2) is 11.6 Å². The fourth-order valence-corrected chi connectivity index (χ4v) is 8.92. The first kappa shape index (κ1) is 25.0. The molecule has 4 aromatic heterocycles. The molecule has 45 heavy (non-hydrogen) atoms. The summed E-state index contributed by atoms with van der Waals surface area (Å²) in [5, 5.41) is 7.36. The minimum Gasteiger partial charge on any atom is -0.276 e. The van der Waals surface area contributed by atoms with Crippen LogP contribution in [0.15, 0.2) is 133 Å². The van der Waals surface area contributed by atoms with Gasteiger partial charge in [-0.2, -0.15) is 9.97 Å². The van der Waals surface area contributed by atoms with Crippen molar-refractivity contribution in [3.63, 3.8) is 0 Å². The second kappa shape index (κ2) is 9.53. The van der Waals surface area contributed by atoms with E-state index in [9.17, 15) is 0 Å².